The molecular formula is C64H68LiN9O11. The molecule has 0 aliphatic heterocycles. The quantitative estimate of drug-likeness (QED) is 0.0464. The van der Waals surface area contributed by atoms with Crippen LogP contribution in [0.3, 0.4) is 0 Å². The van der Waals surface area contributed by atoms with E-state index in [1.165, 1.54) is 10.7 Å². The molecule has 0 aliphatic rings. The van der Waals surface area contributed by atoms with Crippen molar-refractivity contribution in [2.75, 3.05) is 13.2 Å². The van der Waals surface area contributed by atoms with Gasteiger partial charge in [0.2, 0.25) is 11.8 Å². The van der Waals surface area contributed by atoms with Crippen LogP contribution in [0.4, 0.5) is 0 Å². The van der Waals surface area contributed by atoms with Gasteiger partial charge in [-0.05, 0) is 123 Å². The topological polar surface area (TPSA) is 295 Å². The number of aryl methyl sites for hydroxylation is 3. The summed E-state index contributed by atoms with van der Waals surface area (Å²) in [4.78, 5) is 69.9. The van der Waals surface area contributed by atoms with Crippen molar-refractivity contribution in [2.45, 2.75) is 73.5 Å². The molecule has 3 aromatic heterocycles. The van der Waals surface area contributed by atoms with Gasteiger partial charge in [0.25, 0.3) is 0 Å². The first-order valence-electron chi connectivity index (χ1n) is 26.7. The van der Waals surface area contributed by atoms with E-state index in [9.17, 15) is 33.9 Å². The van der Waals surface area contributed by atoms with Gasteiger partial charge < -0.3 is 41.5 Å². The SMILES string of the molecule is CCOC(=O)c1cc(C)nn1-c1cccc(CN)c1.CCOC(=O)c1cc(C)nn1-c1cccc(CNC(=O)Cc2ccccc2)c1.Cc1cc(C(=O)O)n(-c2cccc(CNC(=O)Cc3ccccc3)c2)n1.O=C(O)Cc1ccccc1.[Li+].[OH-]. The van der Waals surface area contributed by atoms with Crippen LogP contribution in [0.15, 0.2) is 182 Å². The number of nitrogens with zero attached hydrogens (tertiary/aromatic N) is 6. The number of aliphatic carboxylic acids is 1. The zero-order chi connectivity index (χ0) is 59.7. The molecule has 9 aromatic rings. The third-order valence-electron chi connectivity index (χ3n) is 12.0. The molecule has 0 fully saturated rings. The van der Waals surface area contributed by atoms with Gasteiger partial charge in [0.05, 0.1) is 66.6 Å². The van der Waals surface area contributed by atoms with Crippen LogP contribution >= 0.6 is 0 Å². The van der Waals surface area contributed by atoms with Crippen molar-refractivity contribution in [2.24, 2.45) is 5.73 Å². The maximum absolute atomic E-state index is 12.2. The van der Waals surface area contributed by atoms with Crippen molar-refractivity contribution >= 4 is 35.7 Å². The van der Waals surface area contributed by atoms with Crippen molar-refractivity contribution in [1.82, 2.24) is 40.0 Å². The smallest absolute Gasteiger partial charge is 0.870 e. The molecule has 85 heavy (non-hydrogen) atoms. The number of carbonyl (C=O) groups is 6. The van der Waals surface area contributed by atoms with Gasteiger partial charge in [0.1, 0.15) is 0 Å². The Morgan fingerprint density at radius 1 is 0.447 bits per heavy atom. The number of carboxylic acid groups (broad SMARTS) is 2. The normalized spacial score (nSPS) is 10.1. The summed E-state index contributed by atoms with van der Waals surface area (Å²) in [6, 6.07) is 55.7. The predicted octanol–water partition coefficient (Wildman–Crippen LogP) is 5.91. The summed E-state index contributed by atoms with van der Waals surface area (Å²) in [5.41, 5.74) is 16.4. The van der Waals surface area contributed by atoms with Crippen LogP contribution in [0.25, 0.3) is 17.1 Å². The van der Waals surface area contributed by atoms with Crippen LogP contribution < -0.4 is 35.2 Å². The Labute approximate surface area is 505 Å². The summed E-state index contributed by atoms with van der Waals surface area (Å²) < 4.78 is 14.7. The average molecular weight is 1150 g/mol. The standard InChI is InChI=1S/C22H23N3O3.C20H19N3O3.C14H17N3O2.C8H8O2.Li.H2O/c1-3-28-22(27)20-12-16(2)24-25(20)19-11-7-10-18(13-19)15-23-21(26)14-17-8-5-4-6-9-17;1-14-10-18(20(25)26)23(22-14)17-9-5-8-16(11-17)13-21-19(24)12-15-6-3-2-4-7-15;1-3-19-14(18)13-7-10(2)16-17(13)12-6-4-5-11(8-12)9-15;9-8(10)6-7-4-2-1-3-5-7;;/h4-13H,3,14-15H2,1-2H3,(H,23,26);2-11H,12-13H2,1H3,(H,21,24)(H,25,26);4-8H,3,9,15H2,1-2H3;1-5H,6H2,(H,9,10);;1H2/q;;;;+1;/p-1. The first kappa shape index (κ1) is 67.8. The number of ether oxygens (including phenoxy) is 2. The van der Waals surface area contributed by atoms with Crippen LogP contribution in [0.5, 0.6) is 0 Å². The summed E-state index contributed by atoms with van der Waals surface area (Å²) in [6.07, 6.45) is 0.773. The molecule has 0 spiro atoms. The fraction of sp³-hybridized carbons (Fsp3) is 0.203. The Morgan fingerprint density at radius 3 is 1.11 bits per heavy atom. The number of nitrogens with one attached hydrogen (secondary N) is 2. The molecule has 0 aliphatic carbocycles. The molecule has 0 unspecified atom stereocenters. The van der Waals surface area contributed by atoms with E-state index in [1.54, 1.807) is 60.5 Å². The minimum Gasteiger partial charge on any atom is -0.870 e. The Morgan fingerprint density at radius 2 is 0.765 bits per heavy atom. The summed E-state index contributed by atoms with van der Waals surface area (Å²) in [7, 11) is 0. The largest absolute Gasteiger partial charge is 1.00 e. The summed E-state index contributed by atoms with van der Waals surface area (Å²) >= 11 is 0. The van der Waals surface area contributed by atoms with Crippen LogP contribution in [-0.2, 0) is 62.8 Å². The molecular weight excluding hydrogens is 1080 g/mol. The number of hydrogen-bond acceptors (Lipinski definition) is 13. The van der Waals surface area contributed by atoms with Gasteiger partial charge in [-0.15, -0.1) is 0 Å². The molecule has 436 valence electrons. The maximum atomic E-state index is 12.2. The Bertz CT molecular complexity index is 3610. The molecule has 7 N–H and O–H groups in total. The number of rotatable bonds is 19. The van der Waals surface area contributed by atoms with E-state index in [0.717, 1.165) is 56.1 Å². The third kappa shape index (κ3) is 21.5. The number of nitrogens with two attached hydrogens (primary N) is 1. The van der Waals surface area contributed by atoms with Crippen LogP contribution in [0.2, 0.25) is 0 Å². The number of benzene rings is 6. The average Bonchev–Trinajstić information content (AvgIpc) is 4.34. The van der Waals surface area contributed by atoms with E-state index >= 15 is 0 Å². The second-order valence-corrected chi connectivity index (χ2v) is 18.6. The summed E-state index contributed by atoms with van der Waals surface area (Å²) in [6.45, 7) is 10.8. The molecule has 20 nitrogen and oxygen atoms in total. The molecule has 0 saturated heterocycles. The first-order chi connectivity index (χ1) is 40.0. The molecule has 6 aromatic carbocycles. The Kier molecular flexibility index (Phi) is 27.6. The van der Waals surface area contributed by atoms with E-state index in [-0.39, 0.29) is 54.2 Å². The Hall–Kier alpha value is -9.71. The molecule has 2 amide bonds. The first-order valence-corrected chi connectivity index (χ1v) is 26.7. The monoisotopic (exact) mass is 1150 g/mol. The fourth-order valence-electron chi connectivity index (χ4n) is 8.21. The van der Waals surface area contributed by atoms with Crippen molar-refractivity contribution in [3.8, 4) is 17.1 Å². The zero-order valence-corrected chi connectivity index (χ0v) is 48.3. The molecule has 0 radical (unpaired) electrons. The minimum absolute atomic E-state index is 0. The van der Waals surface area contributed by atoms with Gasteiger partial charge in [-0.25, -0.2) is 28.4 Å². The van der Waals surface area contributed by atoms with Gasteiger partial charge >= 0.3 is 42.7 Å². The van der Waals surface area contributed by atoms with E-state index in [4.69, 9.17) is 20.3 Å². The number of esters is 2. The molecule has 21 heteroatoms. The van der Waals surface area contributed by atoms with Gasteiger partial charge in [-0.1, -0.05) is 127 Å². The number of carbonyl (C=O) groups excluding carboxylic acids is 4. The number of amides is 2. The van der Waals surface area contributed by atoms with Crippen molar-refractivity contribution in [3.63, 3.8) is 0 Å². The maximum Gasteiger partial charge on any atom is 1.00 e. The number of aromatic carboxylic acids is 1. The minimum atomic E-state index is -1.04. The van der Waals surface area contributed by atoms with Gasteiger partial charge in [-0.2, -0.15) is 15.3 Å². The second-order valence-electron chi connectivity index (χ2n) is 18.6. The molecule has 3 heterocycles. The zero-order valence-electron chi connectivity index (χ0n) is 48.3. The van der Waals surface area contributed by atoms with Gasteiger partial charge in [0.15, 0.2) is 17.1 Å². The van der Waals surface area contributed by atoms with Gasteiger partial charge in [0, 0.05) is 19.6 Å². The second kappa shape index (κ2) is 34.7. The van der Waals surface area contributed by atoms with Crippen molar-refractivity contribution in [3.05, 3.63) is 250 Å². The summed E-state index contributed by atoms with van der Waals surface area (Å²) in [5, 5.41) is 36.5. The number of aromatic nitrogens is 6. The Balaban J connectivity index is 0.000000253. The molecule has 0 atom stereocenters. The van der Waals surface area contributed by atoms with E-state index in [2.05, 4.69) is 25.9 Å². The van der Waals surface area contributed by atoms with E-state index in [1.807, 2.05) is 159 Å². The number of hydrogen-bond donors (Lipinski definition) is 5. The molecule has 0 bridgehead atoms. The fourth-order valence-corrected chi connectivity index (χ4v) is 8.21. The summed E-state index contributed by atoms with van der Waals surface area (Å²) in [5.74, 6) is -2.72. The number of carboxylic acids is 2. The van der Waals surface area contributed by atoms with Crippen LogP contribution in [0, 0.1) is 20.8 Å². The van der Waals surface area contributed by atoms with E-state index < -0.39 is 17.9 Å². The van der Waals surface area contributed by atoms with Crippen LogP contribution in [0.1, 0.15) is 95.8 Å². The van der Waals surface area contributed by atoms with E-state index in [0.29, 0.717) is 68.5 Å². The molecule has 0 saturated carbocycles. The van der Waals surface area contributed by atoms with Crippen molar-refractivity contribution in [1.29, 1.82) is 0 Å². The van der Waals surface area contributed by atoms with Crippen LogP contribution in [-0.4, -0.2) is 93.9 Å². The molecule has 9 rings (SSSR count). The van der Waals surface area contributed by atoms with Crippen molar-refractivity contribution < 1.29 is 72.8 Å². The predicted molar refractivity (Wildman–Crippen MR) is 315 cm³/mol. The van der Waals surface area contributed by atoms with Gasteiger partial charge in [-0.3, -0.25) is 14.4 Å². The third-order valence-corrected chi connectivity index (χ3v) is 12.0.